The van der Waals surface area contributed by atoms with E-state index in [-0.39, 0.29) is 6.04 Å². The first-order valence-electron chi connectivity index (χ1n) is 7.37. The Morgan fingerprint density at radius 1 is 1.20 bits per heavy atom. The van der Waals surface area contributed by atoms with E-state index in [1.807, 2.05) is 12.1 Å². The van der Waals surface area contributed by atoms with E-state index in [0.717, 1.165) is 37.3 Å². The van der Waals surface area contributed by atoms with Gasteiger partial charge in [-0.25, -0.2) is 0 Å². The lowest BCUT2D eigenvalue weighted by molar-refractivity contribution is 0.401. The van der Waals surface area contributed by atoms with Crippen molar-refractivity contribution in [3.8, 4) is 5.75 Å². The average Bonchev–Trinajstić information content (AvgIpc) is 2.38. The maximum atomic E-state index is 10.2. The first-order valence-corrected chi connectivity index (χ1v) is 7.37. The van der Waals surface area contributed by atoms with Crippen molar-refractivity contribution in [2.24, 2.45) is 0 Å². The van der Waals surface area contributed by atoms with E-state index in [9.17, 15) is 5.11 Å². The van der Waals surface area contributed by atoms with E-state index >= 15 is 0 Å². The molecule has 1 aromatic rings. The second-order valence-electron chi connectivity index (χ2n) is 5.60. The monoisotopic (exact) mass is 279 g/mol. The maximum Gasteiger partial charge on any atom is 0.122 e. The quantitative estimate of drug-likeness (QED) is 0.767. The highest BCUT2D eigenvalue weighted by Gasteiger charge is 2.11. The Morgan fingerprint density at radius 3 is 2.45 bits per heavy atom. The van der Waals surface area contributed by atoms with E-state index < -0.39 is 0 Å². The Hall–Kier alpha value is -1.26. The molecule has 4 heteroatoms. The van der Waals surface area contributed by atoms with E-state index in [1.165, 1.54) is 0 Å². The molecule has 0 aliphatic rings. The van der Waals surface area contributed by atoms with Crippen LogP contribution in [-0.2, 0) is 0 Å². The van der Waals surface area contributed by atoms with Crippen molar-refractivity contribution in [3.63, 3.8) is 0 Å². The summed E-state index contributed by atoms with van der Waals surface area (Å²) in [5, 5.41) is 13.5. The van der Waals surface area contributed by atoms with Crippen LogP contribution in [0.5, 0.6) is 5.75 Å². The lowest BCUT2D eigenvalue weighted by Crippen LogP contribution is -2.23. The number of phenolic OH excluding ortho intramolecular Hbond substituents is 1. The number of anilines is 1. The van der Waals surface area contributed by atoms with E-state index in [4.69, 9.17) is 0 Å². The molecule has 0 aliphatic heterocycles. The molecule has 0 saturated heterocycles. The van der Waals surface area contributed by atoms with Crippen LogP contribution in [0.2, 0.25) is 0 Å². The molecule has 1 rings (SSSR count). The smallest absolute Gasteiger partial charge is 0.122 e. The molecule has 0 aliphatic carbocycles. The predicted octanol–water partition coefficient (Wildman–Crippen LogP) is 2.45. The zero-order chi connectivity index (χ0) is 15.1. The zero-order valence-electron chi connectivity index (χ0n) is 13.5. The van der Waals surface area contributed by atoms with Gasteiger partial charge in [0.25, 0.3) is 0 Å². The van der Waals surface area contributed by atoms with Crippen molar-refractivity contribution in [1.82, 2.24) is 10.2 Å². The molecular formula is C16H29N3O. The molecule has 1 unspecified atom stereocenters. The molecule has 0 aromatic heterocycles. The third-order valence-corrected chi connectivity index (χ3v) is 3.53. The predicted molar refractivity (Wildman–Crippen MR) is 86.6 cm³/mol. The number of aromatic hydroxyl groups is 1. The lowest BCUT2D eigenvalue weighted by atomic mass is 10.1. The lowest BCUT2D eigenvalue weighted by Gasteiger charge is -2.22. The van der Waals surface area contributed by atoms with Crippen LogP contribution in [0.15, 0.2) is 18.2 Å². The Kier molecular flexibility index (Phi) is 6.82. The highest BCUT2D eigenvalue weighted by atomic mass is 16.3. The molecule has 2 N–H and O–H groups in total. The first-order chi connectivity index (χ1) is 9.45. The fraction of sp³-hybridized carbons (Fsp3) is 0.625. The van der Waals surface area contributed by atoms with Gasteiger partial charge >= 0.3 is 0 Å². The molecule has 20 heavy (non-hydrogen) atoms. The van der Waals surface area contributed by atoms with Crippen molar-refractivity contribution in [3.05, 3.63) is 23.8 Å². The summed E-state index contributed by atoms with van der Waals surface area (Å²) in [6.45, 7) is 7.10. The number of hydrogen-bond acceptors (Lipinski definition) is 4. The van der Waals surface area contributed by atoms with Crippen molar-refractivity contribution in [1.29, 1.82) is 0 Å². The SMILES string of the molecule is CCNC(C)c1ccc(N(C)CCCN(C)C)cc1O. The standard InChI is InChI=1S/C16H29N3O/c1-6-17-13(2)15-9-8-14(12-16(15)20)19(5)11-7-10-18(3)4/h8-9,12-13,17,20H,6-7,10-11H2,1-5H3. The number of rotatable bonds is 8. The number of nitrogens with zero attached hydrogens (tertiary/aromatic N) is 2. The summed E-state index contributed by atoms with van der Waals surface area (Å²) in [4.78, 5) is 4.37. The van der Waals surface area contributed by atoms with Crippen LogP contribution in [0.25, 0.3) is 0 Å². The Balaban J connectivity index is 2.66. The average molecular weight is 279 g/mol. The zero-order valence-corrected chi connectivity index (χ0v) is 13.5. The molecule has 0 heterocycles. The number of nitrogens with one attached hydrogen (secondary N) is 1. The number of benzene rings is 1. The van der Waals surface area contributed by atoms with E-state index in [2.05, 4.69) is 56.2 Å². The van der Waals surface area contributed by atoms with E-state index in [1.54, 1.807) is 0 Å². The van der Waals surface area contributed by atoms with Crippen molar-refractivity contribution in [2.45, 2.75) is 26.3 Å². The number of phenols is 1. The molecule has 0 radical (unpaired) electrons. The minimum atomic E-state index is 0.174. The third-order valence-electron chi connectivity index (χ3n) is 3.53. The van der Waals surface area contributed by atoms with Crippen molar-refractivity contribution >= 4 is 5.69 Å². The summed E-state index contributed by atoms with van der Waals surface area (Å²) in [5.41, 5.74) is 2.02. The van der Waals surface area contributed by atoms with Crippen molar-refractivity contribution in [2.75, 3.05) is 45.7 Å². The van der Waals surface area contributed by atoms with Gasteiger partial charge in [-0.2, -0.15) is 0 Å². The molecule has 4 nitrogen and oxygen atoms in total. The summed E-state index contributed by atoms with van der Waals surface area (Å²) in [6.07, 6.45) is 1.11. The largest absolute Gasteiger partial charge is 0.508 e. The van der Waals surface area contributed by atoms with Crippen LogP contribution in [0.1, 0.15) is 31.9 Å². The highest BCUT2D eigenvalue weighted by Crippen LogP contribution is 2.28. The van der Waals surface area contributed by atoms with Crippen LogP contribution in [0.4, 0.5) is 5.69 Å². The van der Waals surface area contributed by atoms with Crippen LogP contribution in [-0.4, -0.2) is 50.8 Å². The molecule has 1 atom stereocenters. The molecular weight excluding hydrogens is 250 g/mol. The van der Waals surface area contributed by atoms with Gasteiger partial charge in [0.2, 0.25) is 0 Å². The Labute approximate surface area is 123 Å². The van der Waals surface area contributed by atoms with Crippen LogP contribution >= 0.6 is 0 Å². The van der Waals surface area contributed by atoms with Gasteiger partial charge in [-0.1, -0.05) is 13.0 Å². The molecule has 0 saturated carbocycles. The molecule has 0 spiro atoms. The highest BCUT2D eigenvalue weighted by molar-refractivity contribution is 5.53. The van der Waals surface area contributed by atoms with Crippen molar-refractivity contribution < 1.29 is 5.11 Å². The van der Waals surface area contributed by atoms with Crippen LogP contribution < -0.4 is 10.2 Å². The van der Waals surface area contributed by atoms with Crippen LogP contribution in [0, 0.1) is 0 Å². The van der Waals surface area contributed by atoms with Gasteiger partial charge in [0, 0.05) is 37.0 Å². The second kappa shape index (κ2) is 8.12. The summed E-state index contributed by atoms with van der Waals surface area (Å²) in [6, 6.07) is 6.13. The van der Waals surface area contributed by atoms with E-state index in [0.29, 0.717) is 5.75 Å². The fourth-order valence-electron chi connectivity index (χ4n) is 2.31. The third kappa shape index (κ3) is 5.02. The summed E-state index contributed by atoms with van der Waals surface area (Å²) < 4.78 is 0. The molecule has 0 bridgehead atoms. The van der Waals surface area contributed by atoms with Gasteiger partial charge in [-0.05, 0) is 46.6 Å². The van der Waals surface area contributed by atoms with Gasteiger partial charge in [0.15, 0.2) is 0 Å². The van der Waals surface area contributed by atoms with Gasteiger partial charge < -0.3 is 20.2 Å². The second-order valence-corrected chi connectivity index (χ2v) is 5.60. The van der Waals surface area contributed by atoms with Crippen LogP contribution in [0.3, 0.4) is 0 Å². The fourth-order valence-corrected chi connectivity index (χ4v) is 2.31. The number of hydrogen-bond donors (Lipinski definition) is 2. The normalized spacial score (nSPS) is 12.7. The molecule has 0 amide bonds. The molecule has 0 fully saturated rings. The molecule has 114 valence electrons. The summed E-state index contributed by atoms with van der Waals surface area (Å²) in [7, 11) is 6.24. The van der Waals surface area contributed by atoms with Gasteiger partial charge in [-0.3, -0.25) is 0 Å². The first kappa shape index (κ1) is 16.8. The minimum Gasteiger partial charge on any atom is -0.508 e. The van der Waals surface area contributed by atoms with Gasteiger partial charge in [0.1, 0.15) is 5.75 Å². The Morgan fingerprint density at radius 2 is 1.90 bits per heavy atom. The topological polar surface area (TPSA) is 38.7 Å². The van der Waals surface area contributed by atoms with Gasteiger partial charge in [0.05, 0.1) is 0 Å². The maximum absolute atomic E-state index is 10.2. The summed E-state index contributed by atoms with van der Waals surface area (Å²) >= 11 is 0. The van der Waals surface area contributed by atoms with Gasteiger partial charge in [-0.15, -0.1) is 0 Å². The minimum absolute atomic E-state index is 0.174. The Bertz CT molecular complexity index is 407. The summed E-state index contributed by atoms with van der Waals surface area (Å²) in [5.74, 6) is 0.371. The molecule has 1 aromatic carbocycles.